The Morgan fingerprint density at radius 2 is 2.39 bits per heavy atom. The van der Waals surface area contributed by atoms with Gasteiger partial charge in [-0.2, -0.15) is 0 Å². The second kappa shape index (κ2) is 7.19. The van der Waals surface area contributed by atoms with Crippen LogP contribution < -0.4 is 11.3 Å². The molecule has 5 heteroatoms. The fourth-order valence-corrected chi connectivity index (χ4v) is 3.44. The Balaban J connectivity index is 1.92. The second-order valence-electron chi connectivity index (χ2n) is 4.15. The molecule has 0 fully saturated rings. The Kier molecular flexibility index (Phi) is 5.56. The summed E-state index contributed by atoms with van der Waals surface area (Å²) in [6, 6.07) is 8.47. The topological polar surface area (TPSA) is 47.3 Å². The lowest BCUT2D eigenvalue weighted by Crippen LogP contribution is -2.39. The molecule has 98 valence electrons. The van der Waals surface area contributed by atoms with Crippen LogP contribution in [0.4, 0.5) is 0 Å². The van der Waals surface area contributed by atoms with E-state index in [0.717, 1.165) is 29.7 Å². The predicted molar refractivity (Wildman–Crippen MR) is 79.2 cm³/mol. The highest BCUT2D eigenvalue weighted by Crippen LogP contribution is 2.25. The van der Waals surface area contributed by atoms with Crippen molar-refractivity contribution in [2.24, 2.45) is 5.84 Å². The Labute approximate surface area is 120 Å². The Morgan fingerprint density at radius 3 is 3.06 bits per heavy atom. The highest BCUT2D eigenvalue weighted by atomic mass is 79.9. The van der Waals surface area contributed by atoms with Crippen LogP contribution in [0, 0.1) is 0 Å². The number of benzene rings is 1. The third-order valence-corrected chi connectivity index (χ3v) is 4.40. The first-order valence-electron chi connectivity index (χ1n) is 5.94. The minimum absolute atomic E-state index is 0.175. The summed E-state index contributed by atoms with van der Waals surface area (Å²) >= 11 is 5.27. The molecule has 3 N–H and O–H groups in total. The summed E-state index contributed by atoms with van der Waals surface area (Å²) in [5, 5.41) is 0. The average molecular weight is 329 g/mol. The van der Waals surface area contributed by atoms with Gasteiger partial charge in [-0.05, 0) is 36.6 Å². The number of thioether (sulfide) groups is 1. The summed E-state index contributed by atoms with van der Waals surface area (Å²) in [6.45, 7) is 0.819. The average Bonchev–Trinajstić information content (AvgIpc) is 2.41. The van der Waals surface area contributed by atoms with Crippen LogP contribution in [0.3, 0.4) is 0 Å². The van der Waals surface area contributed by atoms with Crippen molar-refractivity contribution >= 4 is 27.7 Å². The highest BCUT2D eigenvalue weighted by Gasteiger charge is 2.16. The molecular formula is C13H17BrN2OS. The molecule has 0 amide bonds. The van der Waals surface area contributed by atoms with E-state index in [1.165, 1.54) is 10.5 Å². The van der Waals surface area contributed by atoms with Gasteiger partial charge in [0.25, 0.3) is 0 Å². The van der Waals surface area contributed by atoms with Crippen molar-refractivity contribution in [2.75, 3.05) is 12.4 Å². The van der Waals surface area contributed by atoms with Crippen molar-refractivity contribution < 1.29 is 4.74 Å². The van der Waals surface area contributed by atoms with Gasteiger partial charge in [0, 0.05) is 15.1 Å². The minimum Gasteiger partial charge on any atom is -0.501 e. The quantitative estimate of drug-likeness (QED) is 0.495. The van der Waals surface area contributed by atoms with E-state index in [1.807, 2.05) is 18.4 Å². The van der Waals surface area contributed by atoms with Crippen molar-refractivity contribution in [1.29, 1.82) is 0 Å². The molecule has 18 heavy (non-hydrogen) atoms. The summed E-state index contributed by atoms with van der Waals surface area (Å²) in [5.74, 6) is 6.53. The molecule has 1 aliphatic heterocycles. The van der Waals surface area contributed by atoms with Gasteiger partial charge in [0.05, 0.1) is 18.9 Å². The van der Waals surface area contributed by atoms with Gasteiger partial charge in [0.15, 0.2) is 0 Å². The van der Waals surface area contributed by atoms with E-state index < -0.39 is 0 Å². The largest absolute Gasteiger partial charge is 0.501 e. The van der Waals surface area contributed by atoms with Crippen LogP contribution in [0.5, 0.6) is 0 Å². The van der Waals surface area contributed by atoms with Gasteiger partial charge < -0.3 is 4.74 Å². The minimum atomic E-state index is 0.175. The molecular weight excluding hydrogens is 312 g/mol. The molecule has 0 bridgehead atoms. The maximum atomic E-state index is 5.63. The van der Waals surface area contributed by atoms with Crippen LogP contribution in [0.15, 0.2) is 45.5 Å². The molecule has 3 nitrogen and oxygen atoms in total. The van der Waals surface area contributed by atoms with Crippen molar-refractivity contribution in [3.05, 3.63) is 40.6 Å². The standard InChI is InChI=1S/C13H17BrN2OS/c14-11-4-1-5-12(7-11)18-9-13(16-15)10-3-2-6-17-8-10/h1,4-5,7-8,13,16H,2-3,6,9,15H2. The van der Waals surface area contributed by atoms with E-state index in [-0.39, 0.29) is 6.04 Å². The molecule has 0 aliphatic carbocycles. The van der Waals surface area contributed by atoms with E-state index in [9.17, 15) is 0 Å². The molecule has 1 aliphatic rings. The number of nitrogens with two attached hydrogens (primary N) is 1. The summed E-state index contributed by atoms with van der Waals surface area (Å²) < 4.78 is 6.46. The molecule has 0 spiro atoms. The van der Waals surface area contributed by atoms with E-state index >= 15 is 0 Å². The summed E-state index contributed by atoms with van der Waals surface area (Å²) in [5.41, 5.74) is 4.13. The zero-order chi connectivity index (χ0) is 12.8. The number of nitrogens with one attached hydrogen (secondary N) is 1. The van der Waals surface area contributed by atoms with Crippen molar-refractivity contribution in [3.63, 3.8) is 0 Å². The van der Waals surface area contributed by atoms with Crippen LogP contribution in [-0.4, -0.2) is 18.4 Å². The Bertz CT molecular complexity index is 425. The van der Waals surface area contributed by atoms with Crippen LogP contribution >= 0.6 is 27.7 Å². The van der Waals surface area contributed by atoms with Gasteiger partial charge in [0.2, 0.25) is 0 Å². The van der Waals surface area contributed by atoms with Crippen molar-refractivity contribution in [1.82, 2.24) is 5.43 Å². The lowest BCUT2D eigenvalue weighted by molar-refractivity contribution is 0.220. The number of hydrogen-bond acceptors (Lipinski definition) is 4. The summed E-state index contributed by atoms with van der Waals surface area (Å²) in [4.78, 5) is 1.24. The molecule has 1 aromatic rings. The fourth-order valence-electron chi connectivity index (χ4n) is 1.84. The van der Waals surface area contributed by atoms with E-state index in [0.29, 0.717) is 0 Å². The Morgan fingerprint density at radius 1 is 1.50 bits per heavy atom. The third kappa shape index (κ3) is 4.02. The molecule has 0 aromatic heterocycles. The normalized spacial score (nSPS) is 16.9. The molecule has 0 saturated heterocycles. The SMILES string of the molecule is NNC(CSc1cccc(Br)c1)C1=COCCC1. The molecule has 1 atom stereocenters. The lowest BCUT2D eigenvalue weighted by atomic mass is 10.0. The Hall–Kier alpha value is -0.490. The second-order valence-corrected chi connectivity index (χ2v) is 6.16. The zero-order valence-electron chi connectivity index (χ0n) is 10.1. The molecule has 0 saturated carbocycles. The van der Waals surface area contributed by atoms with Gasteiger partial charge in [-0.3, -0.25) is 11.3 Å². The van der Waals surface area contributed by atoms with Gasteiger partial charge >= 0.3 is 0 Å². The van der Waals surface area contributed by atoms with E-state index in [2.05, 4.69) is 33.5 Å². The first-order chi connectivity index (χ1) is 8.79. The number of hydrogen-bond donors (Lipinski definition) is 2. The highest BCUT2D eigenvalue weighted by molar-refractivity contribution is 9.10. The molecule has 0 radical (unpaired) electrons. The van der Waals surface area contributed by atoms with Crippen LogP contribution in [0.1, 0.15) is 12.8 Å². The number of rotatable bonds is 5. The van der Waals surface area contributed by atoms with Gasteiger partial charge in [-0.1, -0.05) is 22.0 Å². The van der Waals surface area contributed by atoms with Crippen LogP contribution in [0.2, 0.25) is 0 Å². The first kappa shape index (κ1) is 13.9. The predicted octanol–water partition coefficient (Wildman–Crippen LogP) is 3.07. The maximum absolute atomic E-state index is 5.63. The molecule has 1 unspecified atom stereocenters. The van der Waals surface area contributed by atoms with Crippen molar-refractivity contribution in [2.45, 2.75) is 23.8 Å². The van der Waals surface area contributed by atoms with Crippen LogP contribution in [0.25, 0.3) is 0 Å². The number of halogens is 1. The zero-order valence-corrected chi connectivity index (χ0v) is 12.5. The molecule has 1 heterocycles. The smallest absolute Gasteiger partial charge is 0.0876 e. The van der Waals surface area contributed by atoms with Gasteiger partial charge in [-0.15, -0.1) is 11.8 Å². The van der Waals surface area contributed by atoms with Crippen LogP contribution in [-0.2, 0) is 4.74 Å². The van der Waals surface area contributed by atoms with E-state index in [4.69, 9.17) is 10.6 Å². The first-order valence-corrected chi connectivity index (χ1v) is 7.72. The molecule has 2 rings (SSSR count). The van der Waals surface area contributed by atoms with Gasteiger partial charge in [0.1, 0.15) is 0 Å². The summed E-state index contributed by atoms with van der Waals surface area (Å²) in [7, 11) is 0. The van der Waals surface area contributed by atoms with Gasteiger partial charge in [-0.25, -0.2) is 0 Å². The van der Waals surface area contributed by atoms with E-state index in [1.54, 1.807) is 11.8 Å². The monoisotopic (exact) mass is 328 g/mol. The lowest BCUT2D eigenvalue weighted by Gasteiger charge is -2.22. The third-order valence-electron chi connectivity index (χ3n) is 2.82. The molecule has 1 aromatic carbocycles. The fraction of sp³-hybridized carbons (Fsp3) is 0.385. The number of ether oxygens (including phenoxy) is 1. The number of hydrazine groups is 1. The summed E-state index contributed by atoms with van der Waals surface area (Å²) in [6.07, 6.45) is 4.00. The maximum Gasteiger partial charge on any atom is 0.0876 e. The van der Waals surface area contributed by atoms with Crippen molar-refractivity contribution in [3.8, 4) is 0 Å².